The number of aromatic nitrogens is 6. The molecule has 0 aliphatic carbocycles. The van der Waals surface area contributed by atoms with Crippen LogP contribution in [-0.2, 0) is 19.6 Å². The predicted molar refractivity (Wildman–Crippen MR) is 475 cm³/mol. The molecular weight excluding hydrogens is 1690 g/mol. The average molecular weight is 1780 g/mol. The number of nitrogens with two attached hydrogens (primary N) is 3. The van der Waals surface area contributed by atoms with Gasteiger partial charge < -0.3 is 45.2 Å². The number of nitriles is 1. The van der Waals surface area contributed by atoms with E-state index < -0.39 is 46.7 Å². The molecule has 30 heteroatoms. The molecule has 3 atom stereocenters. The van der Waals surface area contributed by atoms with Crippen molar-refractivity contribution in [3.8, 4) is 6.07 Å². The molecule has 9 heterocycles. The molecule has 0 saturated carbocycles. The summed E-state index contributed by atoms with van der Waals surface area (Å²) in [5.41, 5.74) is 23.1. The Balaban J connectivity index is 0.000000157. The maximum Gasteiger partial charge on any atom is 0.297 e. The van der Waals surface area contributed by atoms with Crippen LogP contribution in [0.4, 0.5) is 13.2 Å². The van der Waals surface area contributed by atoms with Crippen LogP contribution >= 0.6 is 61.5 Å². The van der Waals surface area contributed by atoms with Gasteiger partial charge in [-0.25, -0.2) is 28.1 Å². The van der Waals surface area contributed by atoms with E-state index in [2.05, 4.69) is 22.0 Å². The number of halogens is 5. The fourth-order valence-corrected chi connectivity index (χ4v) is 18.3. The Morgan fingerprint density at radius 3 is 1.03 bits per heavy atom. The van der Waals surface area contributed by atoms with Gasteiger partial charge in [0.25, 0.3) is 34.4 Å². The first-order valence-electron chi connectivity index (χ1n) is 39.6. The van der Waals surface area contributed by atoms with E-state index in [1.54, 1.807) is 66.3 Å². The molecule has 9 aromatic heterocycles. The van der Waals surface area contributed by atoms with Crippen LogP contribution in [0.25, 0.3) is 66.2 Å². The van der Waals surface area contributed by atoms with Gasteiger partial charge in [-0.2, -0.15) is 5.26 Å². The number of thiophene rings is 3. The molecule has 0 radical (unpaired) electrons. The van der Waals surface area contributed by atoms with Crippen molar-refractivity contribution in [3.63, 3.8) is 0 Å². The molecule has 0 fully saturated rings. The minimum atomic E-state index is -0.624. The highest BCUT2D eigenvalue weighted by Gasteiger charge is 2.38. The molecule has 0 saturated heterocycles. The third-order valence-electron chi connectivity index (χ3n) is 20.9. The van der Waals surface area contributed by atoms with Gasteiger partial charge in [-0.05, 0) is 221 Å². The fourth-order valence-electron chi connectivity index (χ4n) is 15.0. The third kappa shape index (κ3) is 19.1. The number of fused-ring (bicyclic) bond motifs is 9. The zero-order valence-electron chi connectivity index (χ0n) is 68.0. The van der Waals surface area contributed by atoms with Gasteiger partial charge in [0.2, 0.25) is 16.7 Å². The second kappa shape index (κ2) is 38.3. The summed E-state index contributed by atoms with van der Waals surface area (Å²) in [6.45, 7) is 20.6. The highest BCUT2D eigenvalue weighted by atomic mass is 79.9. The van der Waals surface area contributed by atoms with E-state index in [1.807, 2.05) is 129 Å². The number of furan rings is 3. The lowest BCUT2D eigenvalue weighted by Gasteiger charge is -2.35. The van der Waals surface area contributed by atoms with Gasteiger partial charge in [-0.3, -0.25) is 42.5 Å². The average Bonchev–Trinajstić information content (AvgIpc) is 1.69. The van der Waals surface area contributed by atoms with Crippen molar-refractivity contribution in [1.82, 2.24) is 43.4 Å². The summed E-state index contributed by atoms with van der Waals surface area (Å²) in [5.74, 6) is -1.20. The first kappa shape index (κ1) is 87.6. The van der Waals surface area contributed by atoms with E-state index in [0.717, 1.165) is 35.1 Å². The Labute approximate surface area is 720 Å². The molecule has 6 N–H and O–H groups in total. The molecule has 22 nitrogen and oxygen atoms in total. The second-order valence-corrected chi connectivity index (χ2v) is 36.2. The summed E-state index contributed by atoms with van der Waals surface area (Å²) in [6.07, 6.45) is 1.68. The van der Waals surface area contributed by atoms with Crippen molar-refractivity contribution in [2.24, 2.45) is 35.0 Å². The molecule has 3 unspecified atom stereocenters. The van der Waals surface area contributed by atoms with Gasteiger partial charge in [-0.15, -0.1) is 34.0 Å². The monoisotopic (exact) mass is 1780 g/mol. The molecule has 0 bridgehead atoms. The number of hydrogen-bond donors (Lipinski definition) is 3. The lowest BCUT2D eigenvalue weighted by atomic mass is 9.99. The SMILES string of the molecule is Cc1ccc(C(=O)N(CCCN)C(c2nc3c(oc4ccc(F)cc43)c(=O)n2Cc2ccc(Br)s2)C(C)C)cc1.Cc1ccc(C(=O)N(CCCN)C(c2nc3c(oc4ccc(F)cc43)c(=O)n2Cc2ccc(C#N)s2)C(C)C)cc1.Cc1ccc(C(=O)N(CCCN)C(c2nc3c(oc4ccc(F)cc43)c(=O)n2Cc2ccc(Cl)s2)C(C)C)cc1. The van der Waals surface area contributed by atoms with E-state index in [1.165, 1.54) is 93.2 Å². The number of carbonyl (C=O) groups excluding carboxylic acids is 3. The Bertz CT molecular complexity index is 6300. The van der Waals surface area contributed by atoms with Crippen molar-refractivity contribution in [3.05, 3.63) is 291 Å². The molecule has 3 amide bonds. The third-order valence-corrected chi connectivity index (χ3v) is 24.7. The van der Waals surface area contributed by atoms with Gasteiger partial charge in [0.1, 0.15) is 79.2 Å². The summed E-state index contributed by atoms with van der Waals surface area (Å²) in [4.78, 5) is 107. The van der Waals surface area contributed by atoms with E-state index in [4.69, 9.17) is 57.0 Å². The van der Waals surface area contributed by atoms with Gasteiger partial charge >= 0.3 is 0 Å². The van der Waals surface area contributed by atoms with E-state index in [-0.39, 0.29) is 94.0 Å². The van der Waals surface area contributed by atoms with Crippen LogP contribution in [0.2, 0.25) is 4.34 Å². The molecule has 0 aliphatic rings. The van der Waals surface area contributed by atoms with Crippen LogP contribution in [0.15, 0.2) is 195 Å². The second-order valence-electron chi connectivity index (χ2n) is 30.7. The molecule has 15 rings (SSSR count). The van der Waals surface area contributed by atoms with Crippen LogP contribution < -0.4 is 33.9 Å². The molecule has 0 aliphatic heterocycles. The number of nitrogens with zero attached hydrogens (tertiary/aromatic N) is 10. The van der Waals surface area contributed by atoms with E-state index in [9.17, 15) is 47.2 Å². The van der Waals surface area contributed by atoms with Crippen molar-refractivity contribution < 1.29 is 40.8 Å². The van der Waals surface area contributed by atoms with Gasteiger partial charge in [0.15, 0.2) is 0 Å². The Hall–Kier alpha value is -11.2. The van der Waals surface area contributed by atoms with Crippen molar-refractivity contribution in [2.75, 3.05) is 39.3 Å². The lowest BCUT2D eigenvalue weighted by molar-refractivity contribution is 0.0596. The highest BCUT2D eigenvalue weighted by Crippen LogP contribution is 2.39. The largest absolute Gasteiger partial charge is 0.448 e. The van der Waals surface area contributed by atoms with Crippen LogP contribution in [0.1, 0.15) is 164 Å². The van der Waals surface area contributed by atoms with Gasteiger partial charge in [0, 0.05) is 67.1 Å². The molecule has 626 valence electrons. The number of aryl methyl sites for hydroxylation is 3. The van der Waals surface area contributed by atoms with Crippen LogP contribution in [0, 0.1) is 67.3 Å². The van der Waals surface area contributed by atoms with E-state index >= 15 is 0 Å². The number of amides is 3. The van der Waals surface area contributed by atoms with Crippen molar-refractivity contribution in [1.29, 1.82) is 5.26 Å². The quantitative estimate of drug-likeness (QED) is 0.0431. The Morgan fingerprint density at radius 1 is 0.455 bits per heavy atom. The smallest absolute Gasteiger partial charge is 0.297 e. The molecule has 6 aromatic carbocycles. The zero-order valence-corrected chi connectivity index (χ0v) is 72.8. The summed E-state index contributed by atoms with van der Waals surface area (Å²) in [5, 5.41) is 10.6. The molecule has 121 heavy (non-hydrogen) atoms. The van der Waals surface area contributed by atoms with Crippen LogP contribution in [0.5, 0.6) is 0 Å². The number of hydrogen-bond acceptors (Lipinski definition) is 19. The molecule has 0 spiro atoms. The topological polar surface area (TPSA) is 307 Å². The molecule has 15 aromatic rings. The first-order chi connectivity index (χ1) is 58.1. The maximum atomic E-state index is 14.3. The van der Waals surface area contributed by atoms with Crippen molar-refractivity contribution >= 4 is 145 Å². The lowest BCUT2D eigenvalue weighted by Crippen LogP contribution is -2.42. The fraction of sp³-hybridized carbons (Fsp3) is 0.297. The number of rotatable bonds is 27. The Kier molecular flexibility index (Phi) is 27.7. The zero-order chi connectivity index (χ0) is 86.4. The van der Waals surface area contributed by atoms with Crippen molar-refractivity contribution in [2.45, 2.75) is 119 Å². The summed E-state index contributed by atoms with van der Waals surface area (Å²) < 4.78 is 66.7. The Morgan fingerprint density at radius 2 is 0.760 bits per heavy atom. The normalized spacial score (nSPS) is 12.4. The predicted octanol–water partition coefficient (Wildman–Crippen LogP) is 19.0. The minimum Gasteiger partial charge on any atom is -0.448 e. The highest BCUT2D eigenvalue weighted by molar-refractivity contribution is 9.11. The van der Waals surface area contributed by atoms with Gasteiger partial charge in [0.05, 0.1) is 45.9 Å². The summed E-state index contributed by atoms with van der Waals surface area (Å²) >= 11 is 13.9. The molecular formula is C91H90BrClF3N13O9S3. The number of carbonyl (C=O) groups is 3. The van der Waals surface area contributed by atoms with Crippen LogP contribution in [0.3, 0.4) is 0 Å². The first-order valence-corrected chi connectivity index (χ1v) is 43.3. The van der Waals surface area contributed by atoms with Gasteiger partial charge in [-0.1, -0.05) is 106 Å². The standard InChI is InChI=1S/C31H30FN5O3S.C30H30BrFN4O3S.C30H30ClFN4O3S/c1-18(2)27(36(14-4-13-33)30(38)20-7-5-19(3)6-8-20)29-35-26-24-15-21(32)9-12-25(24)40-28(26)31(39)37(29)17-23-11-10-22(16-34)41-23;2*1-17(2)26(35(14-4-13-33)29(37)19-7-5-18(3)6-8-19)28-34-25-22-15-20(32)9-11-23(22)39-27(25)30(38)36(28)16-21-10-12-24(31)40-21/h5-12,15,18,27H,4,13-14,17,33H2,1-3H3;2*5-12,15,17,26H,4,13-14,16,33H2,1-3H3. The summed E-state index contributed by atoms with van der Waals surface area (Å²) in [7, 11) is 0. The number of benzene rings is 6. The van der Waals surface area contributed by atoms with Crippen LogP contribution in [-0.4, -0.2) is 100 Å². The summed E-state index contributed by atoms with van der Waals surface area (Å²) in [6, 6.07) is 45.7. The van der Waals surface area contributed by atoms with E-state index in [0.29, 0.717) is 135 Å². The maximum absolute atomic E-state index is 14.3. The minimum absolute atomic E-state index is 0.00675.